The first-order valence-electron chi connectivity index (χ1n) is 3.44. The van der Waals surface area contributed by atoms with Crippen molar-refractivity contribution in [3.05, 3.63) is 12.7 Å². The van der Waals surface area contributed by atoms with Crippen LogP contribution in [0.5, 0.6) is 0 Å². The number of aliphatic hydroxyl groups is 1. The summed E-state index contributed by atoms with van der Waals surface area (Å²) >= 11 is 0. The van der Waals surface area contributed by atoms with E-state index >= 15 is 0 Å². The van der Waals surface area contributed by atoms with Crippen molar-refractivity contribution in [3.63, 3.8) is 0 Å². The van der Waals surface area contributed by atoms with Gasteiger partial charge in [0.2, 0.25) is 0 Å². The summed E-state index contributed by atoms with van der Waals surface area (Å²) in [6.45, 7) is 8.11. The lowest BCUT2D eigenvalue weighted by Crippen LogP contribution is -2.04. The average Bonchev–Trinajstić information content (AvgIpc) is 1.87. The normalized spacial score (nSPS) is 16.8. The van der Waals surface area contributed by atoms with Crippen molar-refractivity contribution in [2.24, 2.45) is 11.8 Å². The maximum Gasteiger partial charge on any atom is 0.0456 e. The van der Waals surface area contributed by atoms with Crippen LogP contribution in [0.15, 0.2) is 12.7 Å². The predicted molar refractivity (Wildman–Crippen MR) is 40.2 cm³/mol. The molecule has 0 heterocycles. The van der Waals surface area contributed by atoms with E-state index < -0.39 is 0 Å². The molecule has 0 saturated carbocycles. The number of rotatable bonds is 4. The molecule has 0 rings (SSSR count). The first-order valence-corrected chi connectivity index (χ1v) is 3.44. The van der Waals surface area contributed by atoms with Crippen molar-refractivity contribution in [1.82, 2.24) is 0 Å². The van der Waals surface area contributed by atoms with Gasteiger partial charge in [0.25, 0.3) is 0 Å². The zero-order chi connectivity index (χ0) is 7.28. The van der Waals surface area contributed by atoms with Crippen molar-refractivity contribution < 1.29 is 5.11 Å². The molecule has 0 bridgehead atoms. The summed E-state index contributed by atoms with van der Waals surface area (Å²) < 4.78 is 0. The van der Waals surface area contributed by atoms with Crippen molar-refractivity contribution in [1.29, 1.82) is 0 Å². The van der Waals surface area contributed by atoms with Crippen molar-refractivity contribution in [2.45, 2.75) is 20.3 Å². The molecule has 1 N–H and O–H groups in total. The van der Waals surface area contributed by atoms with Gasteiger partial charge in [0.1, 0.15) is 0 Å². The molecule has 0 spiro atoms. The minimum Gasteiger partial charge on any atom is -0.396 e. The summed E-state index contributed by atoms with van der Waals surface area (Å²) in [5.41, 5.74) is 0. The molecule has 0 amide bonds. The van der Waals surface area contributed by atoms with Crippen LogP contribution in [0.1, 0.15) is 20.3 Å². The van der Waals surface area contributed by atoms with E-state index in [0.29, 0.717) is 11.8 Å². The van der Waals surface area contributed by atoms with Crippen LogP contribution in [-0.2, 0) is 0 Å². The van der Waals surface area contributed by atoms with Crippen LogP contribution in [0, 0.1) is 11.8 Å². The van der Waals surface area contributed by atoms with Gasteiger partial charge in [-0.25, -0.2) is 0 Å². The molecule has 0 aliphatic carbocycles. The number of hydrogen-bond acceptors (Lipinski definition) is 1. The van der Waals surface area contributed by atoms with E-state index in [-0.39, 0.29) is 6.61 Å². The summed E-state index contributed by atoms with van der Waals surface area (Å²) in [4.78, 5) is 0. The monoisotopic (exact) mass is 128 g/mol. The second-order valence-corrected chi connectivity index (χ2v) is 2.74. The van der Waals surface area contributed by atoms with E-state index in [4.69, 9.17) is 5.11 Å². The molecule has 0 aliphatic heterocycles. The Morgan fingerprint density at radius 2 is 2.11 bits per heavy atom. The van der Waals surface area contributed by atoms with Gasteiger partial charge < -0.3 is 5.11 Å². The van der Waals surface area contributed by atoms with E-state index in [1.807, 2.05) is 13.0 Å². The van der Waals surface area contributed by atoms with Gasteiger partial charge in [-0.2, -0.15) is 0 Å². The van der Waals surface area contributed by atoms with Gasteiger partial charge >= 0.3 is 0 Å². The molecule has 0 aliphatic rings. The van der Waals surface area contributed by atoms with Crippen molar-refractivity contribution in [3.8, 4) is 0 Å². The molecular weight excluding hydrogens is 112 g/mol. The van der Waals surface area contributed by atoms with Crippen LogP contribution in [0.2, 0.25) is 0 Å². The lowest BCUT2D eigenvalue weighted by Gasteiger charge is -2.09. The molecule has 0 radical (unpaired) electrons. The third-order valence-electron chi connectivity index (χ3n) is 1.49. The number of hydrogen-bond donors (Lipinski definition) is 1. The van der Waals surface area contributed by atoms with Gasteiger partial charge in [0.15, 0.2) is 0 Å². The SMILES string of the molecule is C=C[C@@H](C)C[C@@H](C)CO. The Morgan fingerprint density at radius 3 is 2.44 bits per heavy atom. The Labute approximate surface area is 57.4 Å². The standard InChI is InChI=1S/C8H16O/c1-4-7(2)5-8(3)6-9/h4,7-9H,1,5-6H2,2-3H3/t7-,8-/m1/s1. The van der Waals surface area contributed by atoms with Gasteiger partial charge in [0, 0.05) is 6.61 Å². The highest BCUT2D eigenvalue weighted by atomic mass is 16.3. The highest BCUT2D eigenvalue weighted by molar-refractivity contribution is 4.76. The molecule has 0 aromatic rings. The minimum atomic E-state index is 0.290. The van der Waals surface area contributed by atoms with E-state index in [1.165, 1.54) is 0 Å². The van der Waals surface area contributed by atoms with E-state index in [9.17, 15) is 0 Å². The fraction of sp³-hybridized carbons (Fsp3) is 0.750. The van der Waals surface area contributed by atoms with Crippen molar-refractivity contribution >= 4 is 0 Å². The quantitative estimate of drug-likeness (QED) is 0.573. The van der Waals surface area contributed by atoms with Crippen LogP contribution >= 0.6 is 0 Å². The largest absolute Gasteiger partial charge is 0.396 e. The Balaban J connectivity index is 3.33. The molecule has 0 unspecified atom stereocenters. The first-order chi connectivity index (χ1) is 4.20. The summed E-state index contributed by atoms with van der Waals surface area (Å²) in [5, 5.41) is 8.64. The average molecular weight is 128 g/mol. The van der Waals surface area contributed by atoms with Gasteiger partial charge in [-0.3, -0.25) is 0 Å². The summed E-state index contributed by atoms with van der Waals surface area (Å²) in [7, 11) is 0. The molecule has 0 aromatic carbocycles. The highest BCUT2D eigenvalue weighted by Crippen LogP contribution is 2.10. The summed E-state index contributed by atoms with van der Waals surface area (Å²) in [5.74, 6) is 0.949. The molecule has 1 heteroatoms. The molecule has 0 saturated heterocycles. The van der Waals surface area contributed by atoms with E-state index in [0.717, 1.165) is 6.42 Å². The van der Waals surface area contributed by atoms with E-state index in [1.54, 1.807) is 0 Å². The Morgan fingerprint density at radius 1 is 1.56 bits per heavy atom. The van der Waals surface area contributed by atoms with Gasteiger partial charge in [0.05, 0.1) is 0 Å². The summed E-state index contributed by atoms with van der Waals surface area (Å²) in [6.07, 6.45) is 2.96. The highest BCUT2D eigenvalue weighted by Gasteiger charge is 2.02. The van der Waals surface area contributed by atoms with Crippen LogP contribution in [-0.4, -0.2) is 11.7 Å². The number of aliphatic hydroxyl groups excluding tert-OH is 1. The van der Waals surface area contributed by atoms with Gasteiger partial charge in [-0.1, -0.05) is 19.9 Å². The topological polar surface area (TPSA) is 20.2 Å². The molecule has 54 valence electrons. The maximum atomic E-state index is 8.64. The maximum absolute atomic E-state index is 8.64. The van der Waals surface area contributed by atoms with Crippen LogP contribution < -0.4 is 0 Å². The fourth-order valence-electron chi connectivity index (χ4n) is 0.805. The second kappa shape index (κ2) is 4.57. The molecule has 0 fully saturated rings. The molecule has 0 aromatic heterocycles. The van der Waals surface area contributed by atoms with Gasteiger partial charge in [-0.15, -0.1) is 6.58 Å². The van der Waals surface area contributed by atoms with Crippen molar-refractivity contribution in [2.75, 3.05) is 6.61 Å². The zero-order valence-corrected chi connectivity index (χ0v) is 6.30. The zero-order valence-electron chi connectivity index (χ0n) is 6.30. The molecule has 9 heavy (non-hydrogen) atoms. The van der Waals surface area contributed by atoms with E-state index in [2.05, 4.69) is 13.5 Å². The minimum absolute atomic E-state index is 0.290. The van der Waals surface area contributed by atoms with Crippen LogP contribution in [0.25, 0.3) is 0 Å². The Hall–Kier alpha value is -0.300. The third kappa shape index (κ3) is 4.22. The first kappa shape index (κ1) is 8.70. The molecule has 1 nitrogen and oxygen atoms in total. The second-order valence-electron chi connectivity index (χ2n) is 2.74. The number of allylic oxidation sites excluding steroid dienone is 1. The molecule has 2 atom stereocenters. The Kier molecular flexibility index (Phi) is 4.41. The fourth-order valence-corrected chi connectivity index (χ4v) is 0.805. The predicted octanol–water partition coefficient (Wildman–Crippen LogP) is 1.83. The Bertz CT molecular complexity index is 78.6. The lowest BCUT2D eigenvalue weighted by atomic mass is 9.98. The smallest absolute Gasteiger partial charge is 0.0456 e. The third-order valence-corrected chi connectivity index (χ3v) is 1.49. The lowest BCUT2D eigenvalue weighted by molar-refractivity contribution is 0.222. The van der Waals surface area contributed by atoms with Gasteiger partial charge in [-0.05, 0) is 18.3 Å². The summed E-state index contributed by atoms with van der Waals surface area (Å²) in [6, 6.07) is 0. The molecular formula is C8H16O. The van der Waals surface area contributed by atoms with Crippen LogP contribution in [0.3, 0.4) is 0 Å². The van der Waals surface area contributed by atoms with Crippen LogP contribution in [0.4, 0.5) is 0 Å².